The number of ether oxygens (including phenoxy) is 2. The van der Waals surface area contributed by atoms with Crippen molar-refractivity contribution in [3.05, 3.63) is 84.1 Å². The number of halogens is 1. The van der Waals surface area contributed by atoms with Crippen molar-refractivity contribution < 1.29 is 23.4 Å². The van der Waals surface area contributed by atoms with Gasteiger partial charge in [-0.05, 0) is 42.0 Å². The second kappa shape index (κ2) is 9.92. The Morgan fingerprint density at radius 1 is 1.04 bits per heavy atom. The smallest absolute Gasteiger partial charge is 0.161 e. The number of para-hydroxylation sites is 2. The van der Waals surface area contributed by atoms with Gasteiger partial charge in [-0.3, -0.25) is 4.90 Å². The monoisotopic (exact) mass is 385 g/mol. The highest BCUT2D eigenvalue weighted by Gasteiger charge is 2.16. The first kappa shape index (κ1) is 19.9. The van der Waals surface area contributed by atoms with E-state index in [-0.39, 0.29) is 12.4 Å². The molecule has 0 radical (unpaired) electrons. The van der Waals surface area contributed by atoms with Gasteiger partial charge in [-0.1, -0.05) is 24.3 Å². The van der Waals surface area contributed by atoms with Crippen molar-refractivity contribution in [1.29, 1.82) is 0 Å². The molecule has 1 unspecified atom stereocenters. The van der Waals surface area contributed by atoms with Gasteiger partial charge in [-0.15, -0.1) is 0 Å². The van der Waals surface area contributed by atoms with Crippen LogP contribution in [0.3, 0.4) is 0 Å². The summed E-state index contributed by atoms with van der Waals surface area (Å²) in [5.41, 5.74) is 0.824. The fourth-order valence-corrected chi connectivity index (χ4v) is 2.98. The predicted octanol–water partition coefficient (Wildman–Crippen LogP) is 3.87. The highest BCUT2D eigenvalue weighted by atomic mass is 19.1. The maximum absolute atomic E-state index is 13.5. The molecule has 0 bridgehead atoms. The van der Waals surface area contributed by atoms with E-state index in [1.165, 1.54) is 12.1 Å². The van der Waals surface area contributed by atoms with Gasteiger partial charge in [0.2, 0.25) is 0 Å². The molecule has 1 atom stereocenters. The molecule has 6 heteroatoms. The van der Waals surface area contributed by atoms with Crippen molar-refractivity contribution >= 4 is 0 Å². The SMILES string of the molecule is COc1ccccc1OCC(O)CN(Cc1cccc(F)c1)Cc1ccco1. The second-order valence-electron chi connectivity index (χ2n) is 6.49. The summed E-state index contributed by atoms with van der Waals surface area (Å²) < 4.78 is 29.9. The van der Waals surface area contributed by atoms with Gasteiger partial charge in [-0.2, -0.15) is 0 Å². The highest BCUT2D eigenvalue weighted by Crippen LogP contribution is 2.25. The first-order valence-corrected chi connectivity index (χ1v) is 9.07. The van der Waals surface area contributed by atoms with Crippen LogP contribution in [-0.2, 0) is 13.1 Å². The lowest BCUT2D eigenvalue weighted by Crippen LogP contribution is -2.35. The molecular weight excluding hydrogens is 361 g/mol. The minimum Gasteiger partial charge on any atom is -0.493 e. The van der Waals surface area contributed by atoms with Crippen LogP contribution in [-0.4, -0.2) is 36.4 Å². The Hall–Kier alpha value is -2.83. The number of nitrogens with zero attached hydrogens (tertiary/aromatic N) is 1. The molecule has 0 amide bonds. The van der Waals surface area contributed by atoms with E-state index in [4.69, 9.17) is 13.9 Å². The van der Waals surface area contributed by atoms with Crippen molar-refractivity contribution in [2.24, 2.45) is 0 Å². The average molecular weight is 385 g/mol. The molecule has 28 heavy (non-hydrogen) atoms. The van der Waals surface area contributed by atoms with Crippen molar-refractivity contribution in [1.82, 2.24) is 4.90 Å². The van der Waals surface area contributed by atoms with Crippen LogP contribution in [0.1, 0.15) is 11.3 Å². The van der Waals surface area contributed by atoms with Crippen LogP contribution in [0.15, 0.2) is 71.3 Å². The molecule has 0 spiro atoms. The number of furan rings is 1. The molecule has 148 valence electrons. The molecule has 0 saturated heterocycles. The Labute approximate surface area is 163 Å². The molecule has 3 aromatic rings. The lowest BCUT2D eigenvalue weighted by Gasteiger charge is -2.24. The Kier molecular flexibility index (Phi) is 7.06. The van der Waals surface area contributed by atoms with Gasteiger partial charge in [0.15, 0.2) is 11.5 Å². The minimum atomic E-state index is -0.742. The third-order valence-corrected chi connectivity index (χ3v) is 4.22. The zero-order chi connectivity index (χ0) is 19.8. The van der Waals surface area contributed by atoms with Gasteiger partial charge in [-0.25, -0.2) is 4.39 Å². The summed E-state index contributed by atoms with van der Waals surface area (Å²) in [6, 6.07) is 17.4. The number of methoxy groups -OCH3 is 1. The van der Waals surface area contributed by atoms with E-state index in [9.17, 15) is 9.50 Å². The lowest BCUT2D eigenvalue weighted by molar-refractivity contribution is 0.0595. The number of rotatable bonds is 10. The van der Waals surface area contributed by atoms with E-state index in [0.717, 1.165) is 11.3 Å². The molecule has 0 aliphatic heterocycles. The van der Waals surface area contributed by atoms with Gasteiger partial charge < -0.3 is 19.0 Å². The predicted molar refractivity (Wildman–Crippen MR) is 104 cm³/mol. The Bertz CT molecular complexity index is 853. The Balaban J connectivity index is 1.62. The van der Waals surface area contributed by atoms with Crippen LogP contribution in [0.5, 0.6) is 11.5 Å². The summed E-state index contributed by atoms with van der Waals surface area (Å²) in [4.78, 5) is 1.99. The van der Waals surface area contributed by atoms with E-state index in [1.807, 2.05) is 35.2 Å². The summed E-state index contributed by atoms with van der Waals surface area (Å²) in [6.07, 6.45) is 0.866. The maximum Gasteiger partial charge on any atom is 0.161 e. The van der Waals surface area contributed by atoms with Gasteiger partial charge in [0.1, 0.15) is 24.3 Å². The third kappa shape index (κ3) is 5.84. The van der Waals surface area contributed by atoms with Crippen molar-refractivity contribution in [2.75, 3.05) is 20.3 Å². The summed E-state index contributed by atoms with van der Waals surface area (Å²) in [7, 11) is 1.57. The Morgan fingerprint density at radius 2 is 1.86 bits per heavy atom. The second-order valence-corrected chi connectivity index (χ2v) is 6.49. The molecule has 0 fully saturated rings. The van der Waals surface area contributed by atoms with E-state index in [0.29, 0.717) is 31.1 Å². The van der Waals surface area contributed by atoms with Crippen LogP contribution in [0.4, 0.5) is 4.39 Å². The molecule has 1 N–H and O–H groups in total. The maximum atomic E-state index is 13.5. The van der Waals surface area contributed by atoms with Crippen LogP contribution < -0.4 is 9.47 Å². The molecule has 1 aromatic heterocycles. The first-order chi connectivity index (χ1) is 13.6. The van der Waals surface area contributed by atoms with Crippen molar-refractivity contribution in [2.45, 2.75) is 19.2 Å². The van der Waals surface area contributed by atoms with Crippen LogP contribution in [0, 0.1) is 5.82 Å². The van der Waals surface area contributed by atoms with Gasteiger partial charge in [0.05, 0.1) is 19.9 Å². The molecule has 1 heterocycles. The Morgan fingerprint density at radius 3 is 2.57 bits per heavy atom. The van der Waals surface area contributed by atoms with Crippen molar-refractivity contribution in [3.63, 3.8) is 0 Å². The normalized spacial score (nSPS) is 12.1. The molecule has 5 nitrogen and oxygen atoms in total. The number of benzene rings is 2. The molecule has 0 saturated carbocycles. The standard InChI is InChI=1S/C22H24FNO4/c1-26-21-9-2-3-10-22(21)28-16-19(25)14-24(15-20-8-5-11-27-20)13-17-6-4-7-18(23)12-17/h2-12,19,25H,13-16H2,1H3. The lowest BCUT2D eigenvalue weighted by atomic mass is 10.2. The van der Waals surface area contributed by atoms with E-state index >= 15 is 0 Å². The van der Waals surface area contributed by atoms with Gasteiger partial charge in [0.25, 0.3) is 0 Å². The van der Waals surface area contributed by atoms with E-state index in [1.54, 1.807) is 31.6 Å². The molecule has 3 rings (SSSR count). The summed E-state index contributed by atoms with van der Waals surface area (Å²) in [5.74, 6) is 1.68. The molecular formula is C22H24FNO4. The summed E-state index contributed by atoms with van der Waals surface area (Å²) >= 11 is 0. The number of hydrogen-bond acceptors (Lipinski definition) is 5. The average Bonchev–Trinajstić information content (AvgIpc) is 3.19. The topological polar surface area (TPSA) is 55.1 Å². The van der Waals surface area contributed by atoms with Gasteiger partial charge >= 0.3 is 0 Å². The highest BCUT2D eigenvalue weighted by molar-refractivity contribution is 5.39. The number of hydrogen-bond donors (Lipinski definition) is 1. The molecule has 0 aliphatic carbocycles. The van der Waals surface area contributed by atoms with Crippen LogP contribution >= 0.6 is 0 Å². The quantitative estimate of drug-likeness (QED) is 0.574. The zero-order valence-electron chi connectivity index (χ0n) is 15.8. The zero-order valence-corrected chi connectivity index (χ0v) is 15.8. The van der Waals surface area contributed by atoms with Crippen LogP contribution in [0.2, 0.25) is 0 Å². The fourth-order valence-electron chi connectivity index (χ4n) is 2.98. The summed E-state index contributed by atoms with van der Waals surface area (Å²) in [5, 5.41) is 10.5. The molecule has 0 aliphatic rings. The van der Waals surface area contributed by atoms with E-state index in [2.05, 4.69) is 0 Å². The van der Waals surface area contributed by atoms with Crippen LogP contribution in [0.25, 0.3) is 0 Å². The van der Waals surface area contributed by atoms with Gasteiger partial charge in [0, 0.05) is 13.1 Å². The van der Waals surface area contributed by atoms with Crippen molar-refractivity contribution in [3.8, 4) is 11.5 Å². The fraction of sp³-hybridized carbons (Fsp3) is 0.273. The van der Waals surface area contributed by atoms with E-state index < -0.39 is 6.10 Å². The largest absolute Gasteiger partial charge is 0.493 e. The summed E-state index contributed by atoms with van der Waals surface area (Å²) in [6.45, 7) is 1.42. The number of aliphatic hydroxyl groups is 1. The molecule has 2 aromatic carbocycles. The third-order valence-electron chi connectivity index (χ3n) is 4.22. The minimum absolute atomic E-state index is 0.109. The number of aliphatic hydroxyl groups excluding tert-OH is 1. The first-order valence-electron chi connectivity index (χ1n) is 9.07.